The smallest absolute Gasteiger partial charge is 0.320 e. The first kappa shape index (κ1) is 18.7. The van der Waals surface area contributed by atoms with E-state index in [1.165, 1.54) is 0 Å². The van der Waals surface area contributed by atoms with Crippen LogP contribution in [0.5, 0.6) is 11.5 Å². The van der Waals surface area contributed by atoms with E-state index in [-0.39, 0.29) is 12.7 Å². The summed E-state index contributed by atoms with van der Waals surface area (Å²) in [6.07, 6.45) is 0. The second kappa shape index (κ2) is 8.19. The van der Waals surface area contributed by atoms with Crippen LogP contribution in [0.1, 0.15) is 17.5 Å². The fourth-order valence-corrected chi connectivity index (χ4v) is 3.25. The highest BCUT2D eigenvalue weighted by Crippen LogP contribution is 2.34. The van der Waals surface area contributed by atoms with Crippen molar-refractivity contribution in [1.29, 1.82) is 0 Å². The van der Waals surface area contributed by atoms with Crippen molar-refractivity contribution < 1.29 is 18.7 Å². The van der Waals surface area contributed by atoms with Gasteiger partial charge in [0.15, 0.2) is 11.5 Å². The lowest BCUT2D eigenvalue weighted by Gasteiger charge is -2.16. The fraction of sp³-hybridized carbons (Fsp3) is 0.0870. The Labute approximate surface area is 177 Å². The minimum Gasteiger partial charge on any atom is -0.454 e. The van der Waals surface area contributed by atoms with Crippen LogP contribution in [0.2, 0.25) is 0 Å². The summed E-state index contributed by atoms with van der Waals surface area (Å²) >= 11 is 0. The van der Waals surface area contributed by atoms with Crippen LogP contribution in [0.4, 0.5) is 10.5 Å². The molecule has 0 fully saturated rings. The number of amides is 2. The maximum atomic E-state index is 12.8. The largest absolute Gasteiger partial charge is 0.454 e. The molecule has 0 unspecified atom stereocenters. The topological polar surface area (TPSA) is 98.5 Å². The van der Waals surface area contributed by atoms with Gasteiger partial charge in [0, 0.05) is 17.3 Å². The molecule has 0 spiro atoms. The first-order valence-electron chi connectivity index (χ1n) is 9.67. The molecule has 8 nitrogen and oxygen atoms in total. The van der Waals surface area contributed by atoms with Crippen molar-refractivity contribution in [3.63, 3.8) is 0 Å². The van der Waals surface area contributed by atoms with Crippen molar-refractivity contribution in [2.75, 3.05) is 12.1 Å². The molecule has 0 aliphatic carbocycles. The molecule has 2 amide bonds. The Morgan fingerprint density at radius 2 is 1.61 bits per heavy atom. The highest BCUT2D eigenvalue weighted by molar-refractivity contribution is 5.90. The third-order valence-electron chi connectivity index (χ3n) is 4.75. The van der Waals surface area contributed by atoms with Gasteiger partial charge in [-0.25, -0.2) is 4.79 Å². The number of aromatic nitrogens is 2. The number of urea groups is 1. The van der Waals surface area contributed by atoms with E-state index in [0.29, 0.717) is 23.1 Å². The molecule has 8 heteroatoms. The van der Waals surface area contributed by atoms with E-state index in [9.17, 15) is 4.79 Å². The van der Waals surface area contributed by atoms with Gasteiger partial charge in [0.1, 0.15) is 6.04 Å². The number of rotatable bonds is 5. The van der Waals surface area contributed by atoms with Crippen molar-refractivity contribution in [3.05, 3.63) is 90.3 Å². The number of carbonyl (C=O) groups excluding carboxylic acids is 1. The van der Waals surface area contributed by atoms with E-state index in [2.05, 4.69) is 20.8 Å². The summed E-state index contributed by atoms with van der Waals surface area (Å²) in [7, 11) is 0. The summed E-state index contributed by atoms with van der Waals surface area (Å²) in [5, 5.41) is 14.0. The van der Waals surface area contributed by atoms with Gasteiger partial charge in [-0.1, -0.05) is 48.5 Å². The van der Waals surface area contributed by atoms with Crippen LogP contribution < -0.4 is 20.1 Å². The second-order valence-corrected chi connectivity index (χ2v) is 6.82. The summed E-state index contributed by atoms with van der Waals surface area (Å²) in [6.45, 7) is 0.169. The zero-order chi connectivity index (χ0) is 21.0. The van der Waals surface area contributed by atoms with Crippen LogP contribution in [-0.2, 0) is 0 Å². The van der Waals surface area contributed by atoms with Crippen LogP contribution in [0.15, 0.2) is 83.3 Å². The summed E-state index contributed by atoms with van der Waals surface area (Å²) < 4.78 is 16.6. The Kier molecular flexibility index (Phi) is 4.94. The Morgan fingerprint density at radius 1 is 0.871 bits per heavy atom. The van der Waals surface area contributed by atoms with Gasteiger partial charge in [0.25, 0.3) is 0 Å². The molecular weight excluding hydrogens is 396 g/mol. The highest BCUT2D eigenvalue weighted by Gasteiger charge is 2.24. The molecule has 5 rings (SSSR count). The van der Waals surface area contributed by atoms with Crippen molar-refractivity contribution in [2.45, 2.75) is 6.04 Å². The highest BCUT2D eigenvalue weighted by atomic mass is 16.7. The lowest BCUT2D eigenvalue weighted by Crippen LogP contribution is -2.33. The van der Waals surface area contributed by atoms with Crippen molar-refractivity contribution in [2.24, 2.45) is 0 Å². The lowest BCUT2D eigenvalue weighted by atomic mass is 10.1. The van der Waals surface area contributed by atoms with Crippen LogP contribution in [0.25, 0.3) is 11.5 Å². The van der Waals surface area contributed by atoms with Gasteiger partial charge in [-0.15, -0.1) is 10.2 Å². The third-order valence-corrected chi connectivity index (χ3v) is 4.75. The molecule has 1 aliphatic rings. The van der Waals surface area contributed by atoms with E-state index in [1.807, 2.05) is 60.7 Å². The number of anilines is 1. The number of benzene rings is 3. The Bertz CT molecular complexity index is 1190. The third kappa shape index (κ3) is 4.04. The van der Waals surface area contributed by atoms with Crippen molar-refractivity contribution in [1.82, 2.24) is 15.5 Å². The molecule has 1 aliphatic heterocycles. The quantitative estimate of drug-likeness (QED) is 0.503. The number of fused-ring (bicyclic) bond motifs is 1. The average molecular weight is 414 g/mol. The van der Waals surface area contributed by atoms with Crippen LogP contribution >= 0.6 is 0 Å². The minimum atomic E-state index is -0.625. The first-order valence-corrected chi connectivity index (χ1v) is 9.67. The molecule has 3 aromatic carbocycles. The predicted octanol–water partition coefficient (Wildman–Crippen LogP) is 4.38. The van der Waals surface area contributed by atoms with Crippen LogP contribution in [0.3, 0.4) is 0 Å². The molecule has 0 saturated carbocycles. The minimum absolute atomic E-state index is 0.169. The molecule has 2 N–H and O–H groups in total. The maximum Gasteiger partial charge on any atom is 0.320 e. The van der Waals surface area contributed by atoms with E-state index in [4.69, 9.17) is 13.9 Å². The maximum absolute atomic E-state index is 12.8. The number of hydrogen-bond acceptors (Lipinski definition) is 6. The molecule has 0 saturated heterocycles. The molecule has 2 heterocycles. The fourth-order valence-electron chi connectivity index (χ4n) is 3.25. The summed E-state index contributed by atoms with van der Waals surface area (Å²) in [5.74, 6) is 1.90. The molecule has 1 aromatic heterocycles. The predicted molar refractivity (Wildman–Crippen MR) is 113 cm³/mol. The van der Waals surface area contributed by atoms with Gasteiger partial charge < -0.3 is 24.5 Å². The number of ether oxygens (including phenoxy) is 2. The Balaban J connectivity index is 1.38. The Hall–Kier alpha value is -4.33. The monoisotopic (exact) mass is 414 g/mol. The lowest BCUT2D eigenvalue weighted by molar-refractivity contribution is 0.174. The van der Waals surface area contributed by atoms with Crippen LogP contribution in [0, 0.1) is 0 Å². The van der Waals surface area contributed by atoms with Gasteiger partial charge in [-0.3, -0.25) is 0 Å². The number of nitrogens with one attached hydrogen (secondary N) is 2. The van der Waals surface area contributed by atoms with E-state index in [1.54, 1.807) is 18.2 Å². The molecule has 4 aromatic rings. The van der Waals surface area contributed by atoms with E-state index in [0.717, 1.165) is 11.1 Å². The van der Waals surface area contributed by atoms with E-state index < -0.39 is 12.1 Å². The van der Waals surface area contributed by atoms with Crippen molar-refractivity contribution in [3.8, 4) is 23.0 Å². The van der Waals surface area contributed by atoms with Gasteiger partial charge in [0.2, 0.25) is 18.6 Å². The summed E-state index contributed by atoms with van der Waals surface area (Å²) in [4.78, 5) is 12.8. The first-order chi connectivity index (χ1) is 15.3. The number of hydrogen-bond donors (Lipinski definition) is 2. The van der Waals surface area contributed by atoms with Gasteiger partial charge in [0.05, 0.1) is 0 Å². The summed E-state index contributed by atoms with van der Waals surface area (Å²) in [6, 6.07) is 23.1. The van der Waals surface area contributed by atoms with Crippen molar-refractivity contribution >= 4 is 11.7 Å². The van der Waals surface area contributed by atoms with Crippen LogP contribution in [-0.4, -0.2) is 23.0 Å². The molecular formula is C23H18N4O4. The standard InChI is InChI=1S/C23H18N4O4/c28-23(24-17-11-12-18-19(13-17)30-14-29-18)25-20(15-7-3-1-4-8-15)22-27-26-21(31-22)16-9-5-2-6-10-16/h1-13,20H,14H2,(H2,24,25,28)/t20-/m1/s1. The van der Waals surface area contributed by atoms with Gasteiger partial charge in [-0.2, -0.15) is 0 Å². The van der Waals surface area contributed by atoms with E-state index >= 15 is 0 Å². The zero-order valence-corrected chi connectivity index (χ0v) is 16.3. The van der Waals surface area contributed by atoms with Gasteiger partial charge in [-0.05, 0) is 29.8 Å². The zero-order valence-electron chi connectivity index (χ0n) is 16.3. The second-order valence-electron chi connectivity index (χ2n) is 6.82. The summed E-state index contributed by atoms with van der Waals surface area (Å²) in [5.41, 5.74) is 2.19. The van der Waals surface area contributed by atoms with Gasteiger partial charge >= 0.3 is 6.03 Å². The SMILES string of the molecule is O=C(Nc1ccc2c(c1)OCO2)N[C@H](c1ccccc1)c1nnc(-c2ccccc2)o1. The molecule has 31 heavy (non-hydrogen) atoms. The normalized spacial score (nSPS) is 12.9. The molecule has 1 atom stereocenters. The average Bonchev–Trinajstić information content (AvgIpc) is 3.48. The Morgan fingerprint density at radius 3 is 2.42 bits per heavy atom. The molecule has 0 bridgehead atoms. The molecule has 154 valence electrons. The number of nitrogens with zero attached hydrogens (tertiary/aromatic N) is 2. The number of carbonyl (C=O) groups is 1. The molecule has 0 radical (unpaired) electrons.